The highest BCUT2D eigenvalue weighted by Gasteiger charge is 2.44. The van der Waals surface area contributed by atoms with Crippen molar-refractivity contribution in [2.75, 3.05) is 11.4 Å². The van der Waals surface area contributed by atoms with Gasteiger partial charge in [-0.05, 0) is 30.9 Å². The van der Waals surface area contributed by atoms with Gasteiger partial charge in [-0.15, -0.1) is 0 Å². The SMILES string of the molecule is O=C1C2CC(C2)CN1c1ccccc1F. The molecule has 3 heteroatoms. The largest absolute Gasteiger partial charge is 0.309 e. The first kappa shape index (κ1) is 8.89. The number of para-hydroxylation sites is 1. The van der Waals surface area contributed by atoms with Gasteiger partial charge in [0.1, 0.15) is 5.82 Å². The molecule has 2 nitrogen and oxygen atoms in total. The zero-order chi connectivity index (χ0) is 10.4. The minimum Gasteiger partial charge on any atom is -0.309 e. The van der Waals surface area contributed by atoms with Crippen molar-refractivity contribution in [2.45, 2.75) is 12.8 Å². The van der Waals surface area contributed by atoms with Crippen LogP contribution in [0.2, 0.25) is 0 Å². The van der Waals surface area contributed by atoms with E-state index in [0.717, 1.165) is 12.8 Å². The molecule has 3 fully saturated rings. The van der Waals surface area contributed by atoms with Gasteiger partial charge in [-0.25, -0.2) is 4.39 Å². The average Bonchev–Trinajstić information content (AvgIpc) is 2.17. The Labute approximate surface area is 87.7 Å². The summed E-state index contributed by atoms with van der Waals surface area (Å²) >= 11 is 0. The quantitative estimate of drug-likeness (QED) is 0.688. The molecule has 0 unspecified atom stereocenters. The Kier molecular flexibility index (Phi) is 1.81. The molecule has 1 saturated carbocycles. The number of carbonyl (C=O) groups excluding carboxylic acids is 1. The fourth-order valence-corrected chi connectivity index (χ4v) is 2.54. The topological polar surface area (TPSA) is 20.3 Å². The highest BCUT2D eigenvalue weighted by atomic mass is 19.1. The monoisotopic (exact) mass is 205 g/mol. The van der Waals surface area contributed by atoms with Crippen LogP contribution in [-0.4, -0.2) is 12.5 Å². The molecule has 1 aromatic carbocycles. The minimum atomic E-state index is -0.299. The van der Waals surface area contributed by atoms with Gasteiger partial charge in [0.2, 0.25) is 5.91 Å². The average molecular weight is 205 g/mol. The van der Waals surface area contributed by atoms with Gasteiger partial charge in [-0.2, -0.15) is 0 Å². The number of amides is 1. The van der Waals surface area contributed by atoms with Crippen molar-refractivity contribution in [3.8, 4) is 0 Å². The van der Waals surface area contributed by atoms with E-state index in [0.29, 0.717) is 18.2 Å². The van der Waals surface area contributed by atoms with E-state index in [-0.39, 0.29) is 17.6 Å². The Morgan fingerprint density at radius 2 is 2.00 bits per heavy atom. The maximum absolute atomic E-state index is 13.5. The highest BCUT2D eigenvalue weighted by molar-refractivity contribution is 5.97. The van der Waals surface area contributed by atoms with Gasteiger partial charge in [0.05, 0.1) is 5.69 Å². The molecule has 1 amide bonds. The molecule has 3 aliphatic rings. The van der Waals surface area contributed by atoms with Crippen molar-refractivity contribution < 1.29 is 9.18 Å². The van der Waals surface area contributed by atoms with Gasteiger partial charge >= 0.3 is 0 Å². The van der Waals surface area contributed by atoms with E-state index < -0.39 is 0 Å². The van der Waals surface area contributed by atoms with E-state index in [1.54, 1.807) is 23.1 Å². The highest BCUT2D eigenvalue weighted by Crippen LogP contribution is 2.42. The van der Waals surface area contributed by atoms with Crippen LogP contribution in [0.4, 0.5) is 10.1 Å². The predicted octanol–water partition coefficient (Wildman–Crippen LogP) is 2.20. The zero-order valence-corrected chi connectivity index (χ0v) is 8.32. The van der Waals surface area contributed by atoms with Crippen molar-refractivity contribution in [1.29, 1.82) is 0 Å². The Morgan fingerprint density at radius 1 is 1.27 bits per heavy atom. The van der Waals surface area contributed by atoms with Crippen LogP contribution < -0.4 is 4.90 Å². The Morgan fingerprint density at radius 3 is 2.67 bits per heavy atom. The lowest BCUT2D eigenvalue weighted by Gasteiger charge is -2.46. The number of anilines is 1. The summed E-state index contributed by atoms with van der Waals surface area (Å²) in [6.45, 7) is 0.691. The summed E-state index contributed by atoms with van der Waals surface area (Å²) in [5, 5.41) is 0. The summed E-state index contributed by atoms with van der Waals surface area (Å²) in [7, 11) is 0. The molecular formula is C12H12FNO. The Bertz CT molecular complexity index is 412. The van der Waals surface area contributed by atoms with Crippen LogP contribution in [0.1, 0.15) is 12.8 Å². The van der Waals surface area contributed by atoms with E-state index in [2.05, 4.69) is 0 Å². The predicted molar refractivity (Wildman–Crippen MR) is 55.0 cm³/mol. The molecule has 0 atom stereocenters. The van der Waals surface area contributed by atoms with Gasteiger partial charge in [-0.1, -0.05) is 12.1 Å². The van der Waals surface area contributed by atoms with Crippen molar-refractivity contribution in [3.05, 3.63) is 30.1 Å². The molecule has 1 aliphatic carbocycles. The second-order valence-electron chi connectivity index (χ2n) is 4.43. The first-order valence-corrected chi connectivity index (χ1v) is 5.31. The van der Waals surface area contributed by atoms with Crippen molar-refractivity contribution >= 4 is 11.6 Å². The lowest BCUT2D eigenvalue weighted by atomic mass is 9.70. The maximum Gasteiger partial charge on any atom is 0.230 e. The van der Waals surface area contributed by atoms with Crippen molar-refractivity contribution in [3.63, 3.8) is 0 Å². The Balaban J connectivity index is 1.94. The van der Waals surface area contributed by atoms with Crippen LogP contribution in [-0.2, 0) is 4.79 Å². The third-order valence-corrected chi connectivity index (χ3v) is 3.43. The summed E-state index contributed by atoms with van der Waals surface area (Å²) in [6, 6.07) is 6.50. The second-order valence-corrected chi connectivity index (χ2v) is 4.43. The van der Waals surface area contributed by atoms with E-state index in [4.69, 9.17) is 0 Å². The van der Waals surface area contributed by atoms with Crippen LogP contribution in [0.25, 0.3) is 0 Å². The Hall–Kier alpha value is -1.38. The summed E-state index contributed by atoms with van der Waals surface area (Å²) < 4.78 is 13.5. The van der Waals surface area contributed by atoms with E-state index in [9.17, 15) is 9.18 Å². The summed E-state index contributed by atoms with van der Waals surface area (Å²) in [4.78, 5) is 13.5. The van der Waals surface area contributed by atoms with Gasteiger partial charge in [0.25, 0.3) is 0 Å². The summed E-state index contributed by atoms with van der Waals surface area (Å²) in [5.74, 6) is 0.547. The smallest absolute Gasteiger partial charge is 0.230 e. The lowest BCUT2D eigenvalue weighted by Crippen LogP contribution is -2.53. The minimum absolute atomic E-state index is 0.0996. The number of benzene rings is 1. The molecule has 2 aliphatic heterocycles. The van der Waals surface area contributed by atoms with Crippen molar-refractivity contribution in [1.82, 2.24) is 0 Å². The number of piperidine rings is 2. The molecule has 0 radical (unpaired) electrons. The van der Waals surface area contributed by atoms with Crippen LogP contribution in [0.5, 0.6) is 0 Å². The van der Waals surface area contributed by atoms with E-state index in [1.165, 1.54) is 6.07 Å². The molecule has 15 heavy (non-hydrogen) atoms. The first-order chi connectivity index (χ1) is 7.25. The second kappa shape index (κ2) is 3.05. The summed E-state index contributed by atoms with van der Waals surface area (Å²) in [6.07, 6.45) is 2.01. The maximum atomic E-state index is 13.5. The lowest BCUT2D eigenvalue weighted by molar-refractivity contribution is -0.130. The zero-order valence-electron chi connectivity index (χ0n) is 8.32. The molecule has 1 aromatic rings. The van der Waals surface area contributed by atoms with Gasteiger partial charge in [0.15, 0.2) is 0 Å². The van der Waals surface area contributed by atoms with E-state index >= 15 is 0 Å². The van der Waals surface area contributed by atoms with Gasteiger partial charge in [0, 0.05) is 12.5 Å². The third kappa shape index (κ3) is 1.26. The molecule has 2 heterocycles. The number of nitrogens with zero attached hydrogens (tertiary/aromatic N) is 1. The van der Waals surface area contributed by atoms with Gasteiger partial charge in [-0.3, -0.25) is 4.79 Å². The van der Waals surface area contributed by atoms with Crippen LogP contribution in [0.3, 0.4) is 0 Å². The number of carbonyl (C=O) groups is 1. The number of halogens is 1. The molecule has 0 N–H and O–H groups in total. The number of hydrogen-bond acceptors (Lipinski definition) is 1. The number of rotatable bonds is 1. The molecule has 2 bridgehead atoms. The first-order valence-electron chi connectivity index (χ1n) is 5.31. The fourth-order valence-electron chi connectivity index (χ4n) is 2.54. The standard InChI is InChI=1S/C12H12FNO/c13-10-3-1-2-4-11(10)14-7-8-5-9(6-8)12(14)15/h1-4,8-9H,5-7H2. The summed E-state index contributed by atoms with van der Waals surface area (Å²) in [5.41, 5.74) is 0.442. The van der Waals surface area contributed by atoms with Gasteiger partial charge < -0.3 is 4.90 Å². The van der Waals surface area contributed by atoms with Crippen LogP contribution in [0, 0.1) is 17.7 Å². The van der Waals surface area contributed by atoms with Crippen molar-refractivity contribution in [2.24, 2.45) is 11.8 Å². The third-order valence-electron chi connectivity index (χ3n) is 3.43. The van der Waals surface area contributed by atoms with E-state index in [1.807, 2.05) is 0 Å². The normalized spacial score (nSPS) is 28.9. The molecule has 0 spiro atoms. The number of hydrogen-bond donors (Lipinski definition) is 0. The molecular weight excluding hydrogens is 193 g/mol. The van der Waals surface area contributed by atoms with Crippen LogP contribution >= 0.6 is 0 Å². The van der Waals surface area contributed by atoms with Crippen LogP contribution in [0.15, 0.2) is 24.3 Å². The molecule has 2 saturated heterocycles. The molecule has 78 valence electrons. The fraction of sp³-hybridized carbons (Fsp3) is 0.417. The molecule has 4 rings (SSSR count). The number of fused-ring (bicyclic) bond motifs is 2. The molecule has 0 aromatic heterocycles.